The van der Waals surface area contributed by atoms with Crippen molar-refractivity contribution in [3.05, 3.63) is 76.3 Å². The van der Waals surface area contributed by atoms with Crippen LogP contribution in [0.4, 0.5) is 5.69 Å². The van der Waals surface area contributed by atoms with E-state index < -0.39 is 12.2 Å². The maximum absolute atomic E-state index is 13.6. The lowest BCUT2D eigenvalue weighted by Crippen LogP contribution is -2.44. The normalized spacial score (nSPS) is 14.7. The molecule has 0 bridgehead atoms. The summed E-state index contributed by atoms with van der Waals surface area (Å²) in [4.78, 5) is 38.6. The van der Waals surface area contributed by atoms with Crippen molar-refractivity contribution in [3.8, 4) is 0 Å². The largest absolute Gasteiger partial charge is 0.442 e. The zero-order valence-corrected chi connectivity index (χ0v) is 22.1. The highest BCUT2D eigenvalue weighted by atomic mass is 16.6. The molecule has 0 radical (unpaired) electrons. The van der Waals surface area contributed by atoms with Gasteiger partial charge in [-0.25, -0.2) is 0 Å². The molecule has 3 aromatic rings. The number of aryl methyl sites for hydroxylation is 3. The Balaban J connectivity index is 1.62. The van der Waals surface area contributed by atoms with Crippen molar-refractivity contribution < 1.29 is 19.1 Å². The van der Waals surface area contributed by atoms with Gasteiger partial charge in [-0.3, -0.25) is 14.4 Å². The third-order valence-corrected chi connectivity index (χ3v) is 7.23. The van der Waals surface area contributed by atoms with Crippen molar-refractivity contribution in [2.75, 3.05) is 5.32 Å². The highest BCUT2D eigenvalue weighted by Gasteiger charge is 2.29. The zero-order chi connectivity index (χ0) is 26.5. The molecule has 1 unspecified atom stereocenters. The molecule has 194 valence electrons. The second-order valence-electron chi connectivity index (χ2n) is 10.2. The SMILES string of the molecule is CC(=O)OC(NC(=O)c1cc2ccccc2cc1NC(=O)Cc1c(C)cc(C)cc1C)C1CCCCC1. The lowest BCUT2D eigenvalue weighted by molar-refractivity contribution is -0.151. The Morgan fingerprint density at radius 1 is 0.919 bits per heavy atom. The van der Waals surface area contributed by atoms with Crippen LogP contribution in [0.5, 0.6) is 0 Å². The minimum atomic E-state index is -0.696. The summed E-state index contributed by atoms with van der Waals surface area (Å²) in [6, 6.07) is 15.5. The molecule has 1 atom stereocenters. The first-order valence-corrected chi connectivity index (χ1v) is 13.1. The standard InChI is InChI=1S/C31H36N2O4/c1-19-14-20(2)26(21(3)15-19)18-29(35)32-28-17-25-13-9-8-12-24(25)16-27(28)30(36)33-31(37-22(4)34)23-10-6-5-7-11-23/h8-9,12-17,23,31H,5-7,10-11,18H2,1-4H3,(H,32,35)(H,33,36). The van der Waals surface area contributed by atoms with E-state index in [0.29, 0.717) is 11.3 Å². The summed E-state index contributed by atoms with van der Waals surface area (Å²) < 4.78 is 5.55. The number of nitrogens with one attached hydrogen (secondary N) is 2. The lowest BCUT2D eigenvalue weighted by atomic mass is 9.87. The highest BCUT2D eigenvalue weighted by molar-refractivity contribution is 6.08. The minimum Gasteiger partial charge on any atom is -0.442 e. The predicted octanol–water partition coefficient (Wildman–Crippen LogP) is 6.15. The molecule has 1 fully saturated rings. The molecular weight excluding hydrogens is 464 g/mol. The van der Waals surface area contributed by atoms with Crippen LogP contribution in [0.2, 0.25) is 0 Å². The van der Waals surface area contributed by atoms with Crippen LogP contribution in [0.25, 0.3) is 10.8 Å². The molecule has 1 saturated carbocycles. The van der Waals surface area contributed by atoms with Crippen LogP contribution < -0.4 is 10.6 Å². The number of carbonyl (C=O) groups is 3. The Hall–Kier alpha value is -3.67. The van der Waals surface area contributed by atoms with Gasteiger partial charge in [-0.2, -0.15) is 0 Å². The molecule has 6 heteroatoms. The number of carbonyl (C=O) groups excluding carboxylic acids is 3. The van der Waals surface area contributed by atoms with Gasteiger partial charge in [0.2, 0.25) is 5.91 Å². The molecular formula is C31H36N2O4. The number of amides is 2. The van der Waals surface area contributed by atoms with E-state index in [4.69, 9.17) is 4.74 Å². The van der Waals surface area contributed by atoms with Crippen molar-refractivity contribution in [1.82, 2.24) is 5.32 Å². The summed E-state index contributed by atoms with van der Waals surface area (Å²) in [5.74, 6) is -0.914. The predicted molar refractivity (Wildman–Crippen MR) is 147 cm³/mol. The van der Waals surface area contributed by atoms with Gasteiger partial charge >= 0.3 is 5.97 Å². The number of rotatable bonds is 7. The molecule has 3 aromatic carbocycles. The molecule has 0 aliphatic heterocycles. The molecule has 0 saturated heterocycles. The Bertz CT molecular complexity index is 1300. The van der Waals surface area contributed by atoms with E-state index in [0.717, 1.165) is 65.1 Å². The van der Waals surface area contributed by atoms with Crippen molar-refractivity contribution in [3.63, 3.8) is 0 Å². The Labute approximate surface area is 218 Å². The molecule has 0 heterocycles. The summed E-state index contributed by atoms with van der Waals surface area (Å²) in [7, 11) is 0. The number of anilines is 1. The molecule has 37 heavy (non-hydrogen) atoms. The first kappa shape index (κ1) is 26.4. The summed E-state index contributed by atoms with van der Waals surface area (Å²) in [5.41, 5.74) is 5.07. The van der Waals surface area contributed by atoms with E-state index in [2.05, 4.69) is 22.8 Å². The average molecular weight is 501 g/mol. The van der Waals surface area contributed by atoms with Crippen molar-refractivity contribution >= 4 is 34.2 Å². The summed E-state index contributed by atoms with van der Waals surface area (Å²) in [6.45, 7) is 7.43. The van der Waals surface area contributed by atoms with Crippen LogP contribution >= 0.6 is 0 Å². The maximum atomic E-state index is 13.6. The van der Waals surface area contributed by atoms with Crippen LogP contribution in [0.1, 0.15) is 71.6 Å². The van der Waals surface area contributed by atoms with Gasteiger partial charge < -0.3 is 15.4 Å². The third kappa shape index (κ3) is 6.56. The van der Waals surface area contributed by atoms with Crippen LogP contribution in [0, 0.1) is 26.7 Å². The van der Waals surface area contributed by atoms with Gasteiger partial charge in [0.05, 0.1) is 17.7 Å². The molecule has 1 aliphatic carbocycles. The van der Waals surface area contributed by atoms with Crippen LogP contribution in [0.15, 0.2) is 48.5 Å². The van der Waals surface area contributed by atoms with Crippen LogP contribution in [-0.2, 0) is 20.7 Å². The lowest BCUT2D eigenvalue weighted by Gasteiger charge is -2.30. The topological polar surface area (TPSA) is 84.5 Å². The Morgan fingerprint density at radius 2 is 1.54 bits per heavy atom. The monoisotopic (exact) mass is 500 g/mol. The number of benzene rings is 3. The smallest absolute Gasteiger partial charge is 0.304 e. The van der Waals surface area contributed by atoms with E-state index in [1.54, 1.807) is 6.07 Å². The fraction of sp³-hybridized carbons (Fsp3) is 0.387. The Kier molecular flexibility index (Phi) is 8.27. The molecule has 0 spiro atoms. The van der Waals surface area contributed by atoms with Gasteiger partial charge in [0.25, 0.3) is 5.91 Å². The van der Waals surface area contributed by atoms with Crippen molar-refractivity contribution in [2.24, 2.45) is 5.92 Å². The maximum Gasteiger partial charge on any atom is 0.304 e. The van der Waals surface area contributed by atoms with Gasteiger partial charge in [-0.1, -0.05) is 61.2 Å². The third-order valence-electron chi connectivity index (χ3n) is 7.23. The summed E-state index contributed by atoms with van der Waals surface area (Å²) >= 11 is 0. The fourth-order valence-electron chi connectivity index (χ4n) is 5.44. The van der Waals surface area contributed by atoms with E-state index in [9.17, 15) is 14.4 Å². The van der Waals surface area contributed by atoms with E-state index in [1.807, 2.05) is 51.1 Å². The van der Waals surface area contributed by atoms with E-state index in [1.165, 1.54) is 6.92 Å². The van der Waals surface area contributed by atoms with E-state index >= 15 is 0 Å². The summed E-state index contributed by atoms with van der Waals surface area (Å²) in [6.07, 6.45) is 4.56. The second kappa shape index (κ2) is 11.6. The van der Waals surface area contributed by atoms with Gasteiger partial charge in [-0.15, -0.1) is 0 Å². The highest BCUT2D eigenvalue weighted by Crippen LogP contribution is 2.29. The molecule has 0 aromatic heterocycles. The van der Waals surface area contributed by atoms with Gasteiger partial charge in [0, 0.05) is 12.8 Å². The number of hydrogen-bond acceptors (Lipinski definition) is 4. The molecule has 6 nitrogen and oxygen atoms in total. The first-order chi connectivity index (χ1) is 17.7. The first-order valence-electron chi connectivity index (χ1n) is 13.1. The molecule has 2 amide bonds. The number of ether oxygens (including phenoxy) is 1. The van der Waals surface area contributed by atoms with Crippen molar-refractivity contribution in [1.29, 1.82) is 0 Å². The fourth-order valence-corrected chi connectivity index (χ4v) is 5.44. The van der Waals surface area contributed by atoms with Crippen LogP contribution in [-0.4, -0.2) is 24.0 Å². The van der Waals surface area contributed by atoms with Crippen molar-refractivity contribution in [2.45, 2.75) is 72.4 Å². The molecule has 4 rings (SSSR count). The Morgan fingerprint density at radius 3 is 2.16 bits per heavy atom. The second-order valence-corrected chi connectivity index (χ2v) is 10.2. The van der Waals surface area contributed by atoms with Gasteiger partial charge in [0.1, 0.15) is 0 Å². The number of esters is 1. The van der Waals surface area contributed by atoms with Gasteiger partial charge in [-0.05, 0) is 73.2 Å². The number of hydrogen-bond donors (Lipinski definition) is 2. The minimum absolute atomic E-state index is 0.0765. The number of fused-ring (bicyclic) bond motifs is 1. The van der Waals surface area contributed by atoms with Gasteiger partial charge in [0.15, 0.2) is 6.23 Å². The average Bonchev–Trinajstić information content (AvgIpc) is 2.85. The molecule has 2 N–H and O–H groups in total. The van der Waals surface area contributed by atoms with E-state index in [-0.39, 0.29) is 24.2 Å². The summed E-state index contributed by atoms with van der Waals surface area (Å²) in [5, 5.41) is 7.74. The quantitative estimate of drug-likeness (QED) is 0.301. The zero-order valence-electron chi connectivity index (χ0n) is 22.1. The molecule has 1 aliphatic rings. The van der Waals surface area contributed by atoms with Crippen LogP contribution in [0.3, 0.4) is 0 Å².